The summed E-state index contributed by atoms with van der Waals surface area (Å²) in [5.41, 5.74) is -5.53. The molecule has 0 atom stereocenters. The van der Waals surface area contributed by atoms with E-state index in [0.29, 0.717) is 6.04 Å². The van der Waals surface area contributed by atoms with Crippen LogP contribution in [0.3, 0.4) is 0 Å². The molecule has 20 heavy (non-hydrogen) atoms. The minimum atomic E-state index is -5.84. The maximum Gasteiger partial charge on any atom is 0.522 e. The van der Waals surface area contributed by atoms with Crippen molar-refractivity contribution in [1.82, 2.24) is 4.90 Å². The lowest BCUT2D eigenvalue weighted by molar-refractivity contribution is -0.0510. The standard InChI is InChI=1S/C8H15N3O.CHF3O3S/c1-11(2)8(6-9-12)10-7-4-3-5-7;2-1(3,4)8(5,6)7/h6-7,12H,3-5H2,1-2H3;(H,5,6,7)/b9-6+,10-8?;. The molecule has 2 N–H and O–H groups in total. The highest BCUT2D eigenvalue weighted by Gasteiger charge is 2.44. The van der Waals surface area contributed by atoms with E-state index < -0.39 is 15.6 Å². The molecule has 0 amide bonds. The number of nitrogens with zero attached hydrogens (tertiary/aromatic N) is 3. The molecule has 1 saturated carbocycles. The number of amidine groups is 1. The van der Waals surface area contributed by atoms with E-state index >= 15 is 0 Å². The molecule has 0 spiro atoms. The Labute approximate surface area is 114 Å². The Hall–Kier alpha value is -1.36. The first-order valence-electron chi connectivity index (χ1n) is 5.45. The van der Waals surface area contributed by atoms with Gasteiger partial charge in [-0.3, -0.25) is 9.55 Å². The van der Waals surface area contributed by atoms with E-state index in [4.69, 9.17) is 18.2 Å². The average molecular weight is 319 g/mol. The van der Waals surface area contributed by atoms with Gasteiger partial charge in [-0.25, -0.2) is 0 Å². The summed E-state index contributed by atoms with van der Waals surface area (Å²) in [7, 11) is -2.06. The molecule has 0 saturated heterocycles. The van der Waals surface area contributed by atoms with Crippen LogP contribution in [0.5, 0.6) is 0 Å². The van der Waals surface area contributed by atoms with Crippen molar-refractivity contribution in [2.45, 2.75) is 30.8 Å². The van der Waals surface area contributed by atoms with Crippen LogP contribution < -0.4 is 0 Å². The van der Waals surface area contributed by atoms with Crippen molar-refractivity contribution < 1.29 is 31.3 Å². The lowest BCUT2D eigenvalue weighted by Gasteiger charge is -2.23. The largest absolute Gasteiger partial charge is 0.522 e. The Kier molecular flexibility index (Phi) is 6.92. The van der Waals surface area contributed by atoms with Crippen molar-refractivity contribution >= 4 is 22.2 Å². The van der Waals surface area contributed by atoms with E-state index in [1.165, 1.54) is 12.6 Å². The molecule has 0 heterocycles. The van der Waals surface area contributed by atoms with Crippen LogP contribution in [0.1, 0.15) is 19.3 Å². The van der Waals surface area contributed by atoms with Crippen molar-refractivity contribution in [1.29, 1.82) is 0 Å². The lowest BCUT2D eigenvalue weighted by Crippen LogP contribution is -2.27. The molecule has 0 radical (unpaired) electrons. The van der Waals surface area contributed by atoms with Crippen LogP contribution >= 0.6 is 0 Å². The van der Waals surface area contributed by atoms with E-state index in [1.54, 1.807) is 0 Å². The highest BCUT2D eigenvalue weighted by molar-refractivity contribution is 7.86. The SMILES string of the molecule is CN(C)C(/C=N/O)=NC1CCC1.O=S(=O)(O)C(F)(F)F. The number of hydrogen-bond donors (Lipinski definition) is 2. The first-order chi connectivity index (χ1) is 8.99. The van der Waals surface area contributed by atoms with Gasteiger partial charge in [0.05, 0.1) is 6.04 Å². The summed E-state index contributed by atoms with van der Waals surface area (Å²) >= 11 is 0. The van der Waals surface area contributed by atoms with Gasteiger partial charge in [0.1, 0.15) is 12.1 Å². The number of hydrogen-bond acceptors (Lipinski definition) is 5. The molecule has 1 aliphatic rings. The van der Waals surface area contributed by atoms with Crippen LogP contribution in [0, 0.1) is 0 Å². The Morgan fingerprint density at radius 2 is 1.80 bits per heavy atom. The van der Waals surface area contributed by atoms with Gasteiger partial charge in [0.15, 0.2) is 0 Å². The fraction of sp³-hybridized carbons (Fsp3) is 0.778. The highest BCUT2D eigenvalue weighted by atomic mass is 32.2. The molecule has 1 aliphatic carbocycles. The van der Waals surface area contributed by atoms with Crippen molar-refractivity contribution in [3.05, 3.63) is 0 Å². The third-order valence-electron chi connectivity index (χ3n) is 2.31. The predicted octanol–water partition coefficient (Wildman–Crippen LogP) is 1.35. The molecule has 1 rings (SSSR count). The number of halogens is 3. The summed E-state index contributed by atoms with van der Waals surface area (Å²) < 4.78 is 57.5. The van der Waals surface area contributed by atoms with Crippen LogP contribution in [0.2, 0.25) is 0 Å². The fourth-order valence-corrected chi connectivity index (χ4v) is 1.02. The van der Waals surface area contributed by atoms with Gasteiger partial charge in [0.25, 0.3) is 0 Å². The normalized spacial score (nSPS) is 17.4. The summed E-state index contributed by atoms with van der Waals surface area (Å²) in [5.74, 6) is 0.738. The van der Waals surface area contributed by atoms with Crippen molar-refractivity contribution in [2.24, 2.45) is 10.1 Å². The molecule has 7 nitrogen and oxygen atoms in total. The average Bonchev–Trinajstić information content (AvgIpc) is 2.19. The molecular weight excluding hydrogens is 303 g/mol. The number of alkyl halides is 3. The fourth-order valence-electron chi connectivity index (χ4n) is 1.02. The van der Waals surface area contributed by atoms with Crippen LogP contribution in [0.25, 0.3) is 0 Å². The third-order valence-corrected chi connectivity index (χ3v) is 2.90. The highest BCUT2D eigenvalue weighted by Crippen LogP contribution is 2.22. The Morgan fingerprint density at radius 3 is 2.00 bits per heavy atom. The van der Waals surface area contributed by atoms with Crippen LogP contribution in [-0.4, -0.2) is 60.8 Å². The van der Waals surface area contributed by atoms with E-state index in [-0.39, 0.29) is 0 Å². The molecular formula is C9H16F3N3O4S. The molecule has 11 heteroatoms. The van der Waals surface area contributed by atoms with Gasteiger partial charge in [-0.2, -0.15) is 21.6 Å². The van der Waals surface area contributed by atoms with Crippen molar-refractivity contribution in [3.8, 4) is 0 Å². The molecule has 0 aromatic carbocycles. The van der Waals surface area contributed by atoms with Crippen molar-refractivity contribution in [2.75, 3.05) is 14.1 Å². The first kappa shape index (κ1) is 18.6. The smallest absolute Gasteiger partial charge is 0.411 e. The van der Waals surface area contributed by atoms with E-state index in [9.17, 15) is 13.2 Å². The van der Waals surface area contributed by atoms with Gasteiger partial charge in [0.2, 0.25) is 0 Å². The molecule has 0 aromatic rings. The van der Waals surface area contributed by atoms with Gasteiger partial charge in [-0.05, 0) is 19.3 Å². The summed E-state index contributed by atoms with van der Waals surface area (Å²) in [6.45, 7) is 0. The first-order valence-corrected chi connectivity index (χ1v) is 6.89. The van der Waals surface area contributed by atoms with Gasteiger partial charge in [-0.1, -0.05) is 5.16 Å². The number of oxime groups is 1. The minimum Gasteiger partial charge on any atom is -0.411 e. The second-order valence-electron chi connectivity index (χ2n) is 4.13. The molecule has 0 unspecified atom stereocenters. The third kappa shape index (κ3) is 6.70. The van der Waals surface area contributed by atoms with Gasteiger partial charge in [-0.15, -0.1) is 0 Å². The summed E-state index contributed by atoms with van der Waals surface area (Å²) in [5, 5.41) is 11.3. The summed E-state index contributed by atoms with van der Waals surface area (Å²) in [6.07, 6.45) is 4.97. The van der Waals surface area contributed by atoms with E-state index in [1.807, 2.05) is 19.0 Å². The number of rotatable bonds is 2. The molecule has 0 bridgehead atoms. The predicted molar refractivity (Wildman–Crippen MR) is 66.6 cm³/mol. The summed E-state index contributed by atoms with van der Waals surface area (Å²) in [4.78, 5) is 6.25. The van der Waals surface area contributed by atoms with Gasteiger partial charge >= 0.3 is 15.6 Å². The molecule has 0 aromatic heterocycles. The zero-order valence-corrected chi connectivity index (χ0v) is 11.7. The van der Waals surface area contributed by atoms with Crippen LogP contribution in [0.4, 0.5) is 13.2 Å². The topological polar surface area (TPSA) is 103 Å². The monoisotopic (exact) mass is 319 g/mol. The van der Waals surface area contributed by atoms with Gasteiger partial charge < -0.3 is 10.1 Å². The van der Waals surface area contributed by atoms with Crippen molar-refractivity contribution in [3.63, 3.8) is 0 Å². The lowest BCUT2D eigenvalue weighted by atomic mass is 9.94. The Balaban J connectivity index is 0.000000396. The summed E-state index contributed by atoms with van der Waals surface area (Å²) in [6, 6.07) is 0.445. The molecule has 1 fully saturated rings. The van der Waals surface area contributed by atoms with Gasteiger partial charge in [0, 0.05) is 14.1 Å². The quantitative estimate of drug-likeness (QED) is 0.200. The second-order valence-corrected chi connectivity index (χ2v) is 5.54. The minimum absolute atomic E-state index is 0.445. The molecule has 0 aliphatic heterocycles. The maximum atomic E-state index is 10.7. The van der Waals surface area contributed by atoms with E-state index in [2.05, 4.69) is 10.1 Å². The second kappa shape index (κ2) is 7.43. The zero-order valence-electron chi connectivity index (χ0n) is 10.9. The Morgan fingerprint density at radius 1 is 1.35 bits per heavy atom. The van der Waals surface area contributed by atoms with Crippen LogP contribution in [0.15, 0.2) is 10.1 Å². The van der Waals surface area contributed by atoms with Crippen LogP contribution in [-0.2, 0) is 10.1 Å². The van der Waals surface area contributed by atoms with E-state index in [0.717, 1.165) is 18.7 Å². The zero-order chi connectivity index (χ0) is 16.0. The maximum absolute atomic E-state index is 10.7. The number of aliphatic imine (C=N–C) groups is 1. The Bertz CT molecular complexity index is 456. The molecule has 118 valence electrons.